The first kappa shape index (κ1) is 24.7. The van der Waals surface area contributed by atoms with Gasteiger partial charge in [0.05, 0.1) is 27.8 Å². The molecule has 0 saturated carbocycles. The number of benzene rings is 2. The minimum atomic E-state index is -3.54. The fraction of sp³-hybridized carbons (Fsp3) is 0.440. The van der Waals surface area contributed by atoms with Gasteiger partial charge < -0.3 is 4.74 Å². The molecule has 0 spiro atoms. The Balaban J connectivity index is 1.43. The zero-order valence-electron chi connectivity index (χ0n) is 19.7. The summed E-state index contributed by atoms with van der Waals surface area (Å²) < 4.78 is 34.4. The average molecular weight is 532 g/mol. The standard InChI is InChI=1S/C25H29N3O4S3/c1-33-20-9-12-22-23(16-20)34-25(26-22)28(17-19-6-5-15-32-19)24(29)18-7-10-21(11-8-18)35(30,31)27-13-3-2-4-14-27/h7-12,16,19H,2-6,13-15,17H2,1H3. The number of thiazole rings is 1. The van der Waals surface area contributed by atoms with Crippen LogP contribution in [0.3, 0.4) is 0 Å². The number of sulfonamides is 1. The molecule has 2 aliphatic rings. The van der Waals surface area contributed by atoms with E-state index in [9.17, 15) is 13.2 Å². The maximum Gasteiger partial charge on any atom is 0.260 e. The number of piperidine rings is 1. The first-order chi connectivity index (χ1) is 17.0. The molecule has 2 aliphatic heterocycles. The summed E-state index contributed by atoms with van der Waals surface area (Å²) in [7, 11) is -3.54. The number of hydrogen-bond donors (Lipinski definition) is 0. The first-order valence-electron chi connectivity index (χ1n) is 11.9. The van der Waals surface area contributed by atoms with Gasteiger partial charge >= 0.3 is 0 Å². The molecule has 2 aromatic carbocycles. The molecule has 10 heteroatoms. The second-order valence-corrected chi connectivity index (χ2v) is 12.7. The Hall–Kier alpha value is -1.98. The lowest BCUT2D eigenvalue weighted by Gasteiger charge is -2.26. The van der Waals surface area contributed by atoms with E-state index in [4.69, 9.17) is 9.72 Å². The van der Waals surface area contributed by atoms with Crippen LogP contribution < -0.4 is 4.90 Å². The van der Waals surface area contributed by atoms with Gasteiger partial charge in [0.2, 0.25) is 10.0 Å². The molecule has 0 radical (unpaired) electrons. The summed E-state index contributed by atoms with van der Waals surface area (Å²) in [5.74, 6) is -0.202. The van der Waals surface area contributed by atoms with E-state index in [2.05, 4.69) is 6.07 Å². The SMILES string of the molecule is CSc1ccc2nc(N(CC3CCCO3)C(=O)c3ccc(S(=O)(=O)N4CCCCC4)cc3)sc2c1. The second-order valence-electron chi connectivity index (χ2n) is 8.87. The molecule has 3 aromatic rings. The fourth-order valence-electron chi connectivity index (χ4n) is 4.55. The van der Waals surface area contributed by atoms with Crippen LogP contribution in [0.1, 0.15) is 42.5 Å². The van der Waals surface area contributed by atoms with E-state index in [1.54, 1.807) is 45.2 Å². The number of aromatic nitrogens is 1. The van der Waals surface area contributed by atoms with E-state index < -0.39 is 10.0 Å². The summed E-state index contributed by atoms with van der Waals surface area (Å²) in [6.07, 6.45) is 6.70. The molecule has 1 aromatic heterocycles. The van der Waals surface area contributed by atoms with Gasteiger partial charge in [-0.1, -0.05) is 17.8 Å². The lowest BCUT2D eigenvalue weighted by Crippen LogP contribution is -2.37. The van der Waals surface area contributed by atoms with Crippen molar-refractivity contribution in [3.05, 3.63) is 48.0 Å². The van der Waals surface area contributed by atoms with Crippen molar-refractivity contribution in [2.45, 2.75) is 48.0 Å². The van der Waals surface area contributed by atoms with Crippen molar-refractivity contribution in [1.82, 2.24) is 9.29 Å². The Bertz CT molecular complexity index is 1300. The van der Waals surface area contributed by atoms with Gasteiger partial charge in [-0.3, -0.25) is 9.69 Å². The topological polar surface area (TPSA) is 79.8 Å². The summed E-state index contributed by atoms with van der Waals surface area (Å²) in [5, 5.41) is 0.628. The molecule has 1 unspecified atom stereocenters. The van der Waals surface area contributed by atoms with Gasteiger partial charge in [-0.2, -0.15) is 4.31 Å². The average Bonchev–Trinajstić information content (AvgIpc) is 3.56. The van der Waals surface area contributed by atoms with Gasteiger partial charge in [0.15, 0.2) is 5.13 Å². The third-order valence-electron chi connectivity index (χ3n) is 6.52. The molecule has 186 valence electrons. The maximum absolute atomic E-state index is 13.7. The Morgan fingerprint density at radius 2 is 1.91 bits per heavy atom. The predicted molar refractivity (Wildman–Crippen MR) is 141 cm³/mol. The van der Waals surface area contributed by atoms with Gasteiger partial charge in [0, 0.05) is 30.2 Å². The molecule has 0 N–H and O–H groups in total. The maximum atomic E-state index is 13.7. The van der Waals surface area contributed by atoms with Crippen molar-refractivity contribution in [1.29, 1.82) is 0 Å². The zero-order valence-corrected chi connectivity index (χ0v) is 22.1. The fourth-order valence-corrected chi connectivity index (χ4v) is 7.60. The minimum Gasteiger partial charge on any atom is -0.376 e. The molecular weight excluding hydrogens is 502 g/mol. The molecule has 3 heterocycles. The number of fused-ring (bicyclic) bond motifs is 1. The van der Waals surface area contributed by atoms with Crippen molar-refractivity contribution < 1.29 is 17.9 Å². The largest absolute Gasteiger partial charge is 0.376 e. The van der Waals surface area contributed by atoms with E-state index in [0.29, 0.717) is 36.9 Å². The smallest absolute Gasteiger partial charge is 0.260 e. The van der Waals surface area contributed by atoms with E-state index in [1.165, 1.54) is 11.3 Å². The van der Waals surface area contributed by atoms with E-state index in [-0.39, 0.29) is 16.9 Å². The molecule has 2 saturated heterocycles. The van der Waals surface area contributed by atoms with Crippen LogP contribution in [0.5, 0.6) is 0 Å². The Kier molecular flexibility index (Phi) is 7.45. The summed E-state index contributed by atoms with van der Waals surface area (Å²) in [4.78, 5) is 21.5. The Morgan fingerprint density at radius 1 is 1.14 bits per heavy atom. The Labute approximate surface area is 214 Å². The van der Waals surface area contributed by atoms with Crippen LogP contribution in [-0.4, -0.2) is 62.2 Å². The Morgan fingerprint density at radius 3 is 2.60 bits per heavy atom. The van der Waals surface area contributed by atoms with Crippen molar-refractivity contribution in [2.75, 3.05) is 37.4 Å². The summed E-state index contributed by atoms with van der Waals surface area (Å²) in [5.41, 5.74) is 1.29. The van der Waals surface area contributed by atoms with E-state index >= 15 is 0 Å². The van der Waals surface area contributed by atoms with Crippen LogP contribution in [0.15, 0.2) is 52.3 Å². The molecule has 1 atom stereocenters. The van der Waals surface area contributed by atoms with Crippen LogP contribution in [0.4, 0.5) is 5.13 Å². The third kappa shape index (κ3) is 5.27. The first-order valence-corrected chi connectivity index (χ1v) is 15.4. The molecule has 0 bridgehead atoms. The highest BCUT2D eigenvalue weighted by molar-refractivity contribution is 7.98. The normalized spacial score (nSPS) is 19.3. The number of hydrogen-bond acceptors (Lipinski definition) is 7. The molecule has 35 heavy (non-hydrogen) atoms. The third-order valence-corrected chi connectivity index (χ3v) is 10.2. The lowest BCUT2D eigenvalue weighted by molar-refractivity contribution is 0.0917. The van der Waals surface area contributed by atoms with Crippen molar-refractivity contribution in [3.8, 4) is 0 Å². The number of carbonyl (C=O) groups is 1. The van der Waals surface area contributed by atoms with Crippen LogP contribution >= 0.6 is 23.1 Å². The van der Waals surface area contributed by atoms with Gasteiger partial charge in [-0.15, -0.1) is 11.8 Å². The van der Waals surface area contributed by atoms with E-state index in [0.717, 1.165) is 47.2 Å². The quantitative estimate of drug-likeness (QED) is 0.399. The van der Waals surface area contributed by atoms with E-state index in [1.807, 2.05) is 18.4 Å². The van der Waals surface area contributed by atoms with Gasteiger partial charge in [0.1, 0.15) is 0 Å². The zero-order chi connectivity index (χ0) is 24.4. The highest BCUT2D eigenvalue weighted by Crippen LogP contribution is 2.33. The molecule has 0 aliphatic carbocycles. The highest BCUT2D eigenvalue weighted by Gasteiger charge is 2.29. The summed E-state index contributed by atoms with van der Waals surface area (Å²) in [6.45, 7) is 2.22. The molecular formula is C25H29N3O4S3. The highest BCUT2D eigenvalue weighted by atomic mass is 32.2. The number of thioether (sulfide) groups is 1. The molecule has 2 fully saturated rings. The summed E-state index contributed by atoms with van der Waals surface area (Å²) in [6, 6.07) is 12.4. The van der Waals surface area contributed by atoms with Crippen LogP contribution in [-0.2, 0) is 14.8 Å². The number of amides is 1. The van der Waals surface area contributed by atoms with Crippen LogP contribution in [0.25, 0.3) is 10.2 Å². The monoisotopic (exact) mass is 531 g/mol. The molecule has 1 amide bonds. The minimum absolute atomic E-state index is 0.0357. The summed E-state index contributed by atoms with van der Waals surface area (Å²) >= 11 is 3.16. The van der Waals surface area contributed by atoms with Crippen molar-refractivity contribution in [3.63, 3.8) is 0 Å². The number of ether oxygens (including phenoxy) is 1. The van der Waals surface area contributed by atoms with Crippen LogP contribution in [0.2, 0.25) is 0 Å². The molecule has 7 nitrogen and oxygen atoms in total. The van der Waals surface area contributed by atoms with Gasteiger partial charge in [-0.25, -0.2) is 13.4 Å². The number of rotatable bonds is 7. The van der Waals surface area contributed by atoms with Gasteiger partial charge in [0.25, 0.3) is 5.91 Å². The number of carbonyl (C=O) groups excluding carboxylic acids is 1. The van der Waals surface area contributed by atoms with Crippen molar-refractivity contribution >= 4 is 54.4 Å². The van der Waals surface area contributed by atoms with Crippen molar-refractivity contribution in [2.24, 2.45) is 0 Å². The van der Waals surface area contributed by atoms with Crippen LogP contribution in [0, 0.1) is 0 Å². The predicted octanol–water partition coefficient (Wildman–Crippen LogP) is 5.02. The second kappa shape index (κ2) is 10.6. The number of anilines is 1. The molecule has 5 rings (SSSR count). The number of nitrogens with zero attached hydrogens (tertiary/aromatic N) is 3. The lowest BCUT2D eigenvalue weighted by atomic mass is 10.2. The van der Waals surface area contributed by atoms with Gasteiger partial charge in [-0.05, 0) is 74.4 Å².